The Labute approximate surface area is 78.4 Å². The molecule has 0 saturated carbocycles. The first-order valence-electron chi connectivity index (χ1n) is 4.39. The molecule has 0 aliphatic rings. The largest absolute Gasteiger partial charge is 0.395 e. The van der Waals surface area contributed by atoms with Gasteiger partial charge < -0.3 is 15.8 Å². The van der Waals surface area contributed by atoms with Gasteiger partial charge in [0.1, 0.15) is 0 Å². The number of nitrogens with two attached hydrogens (primary N) is 1. The third-order valence-corrected chi connectivity index (χ3v) is 1.88. The van der Waals surface area contributed by atoms with Gasteiger partial charge in [0.15, 0.2) is 0 Å². The second-order valence-electron chi connectivity index (χ2n) is 3.33. The Bertz CT molecular complexity index is 223. The Kier molecular flexibility index (Phi) is 3.95. The van der Waals surface area contributed by atoms with E-state index in [0.29, 0.717) is 6.54 Å². The molecule has 1 atom stereocenters. The average molecular weight is 183 g/mol. The Balaban J connectivity index is 2.29. The van der Waals surface area contributed by atoms with E-state index in [-0.39, 0.29) is 12.6 Å². The molecule has 0 saturated heterocycles. The second kappa shape index (κ2) is 5.01. The molecule has 0 aliphatic carbocycles. The summed E-state index contributed by atoms with van der Waals surface area (Å²) in [5.41, 5.74) is 6.76. The van der Waals surface area contributed by atoms with Crippen molar-refractivity contribution in [3.05, 3.63) is 24.0 Å². The average Bonchev–Trinajstić information content (AvgIpc) is 2.56. The highest BCUT2D eigenvalue weighted by atomic mass is 16.3. The molecule has 1 aromatic rings. The number of nitrogens with zero attached hydrogens (tertiary/aromatic N) is 1. The first kappa shape index (κ1) is 10.2. The highest BCUT2D eigenvalue weighted by molar-refractivity contribution is 5.03. The standard InChI is InChI=1S/C9H17N3O/c1-12(5-8(10)7-13)6-9-3-2-4-11-9/h2-4,8,11,13H,5-7,10H2,1H3. The fraction of sp³-hybridized carbons (Fsp3) is 0.556. The summed E-state index contributed by atoms with van der Waals surface area (Å²) in [4.78, 5) is 5.19. The van der Waals surface area contributed by atoms with E-state index in [1.165, 1.54) is 0 Å². The first-order valence-corrected chi connectivity index (χ1v) is 4.39. The van der Waals surface area contributed by atoms with E-state index in [0.717, 1.165) is 12.2 Å². The van der Waals surface area contributed by atoms with Crippen molar-refractivity contribution in [1.82, 2.24) is 9.88 Å². The molecule has 4 nitrogen and oxygen atoms in total. The molecule has 0 fully saturated rings. The predicted octanol–water partition coefficient (Wildman–Crippen LogP) is -0.234. The summed E-state index contributed by atoms with van der Waals surface area (Å²) < 4.78 is 0. The van der Waals surface area contributed by atoms with Crippen LogP contribution in [0.1, 0.15) is 5.69 Å². The molecule has 0 radical (unpaired) electrons. The number of aromatic amines is 1. The summed E-state index contributed by atoms with van der Waals surface area (Å²) >= 11 is 0. The molecular weight excluding hydrogens is 166 g/mol. The summed E-state index contributed by atoms with van der Waals surface area (Å²) in [7, 11) is 1.98. The topological polar surface area (TPSA) is 65.3 Å². The molecule has 1 aromatic heterocycles. The lowest BCUT2D eigenvalue weighted by atomic mass is 10.3. The lowest BCUT2D eigenvalue weighted by molar-refractivity contribution is 0.217. The van der Waals surface area contributed by atoms with Gasteiger partial charge in [-0.2, -0.15) is 0 Å². The number of nitrogens with one attached hydrogen (secondary N) is 1. The number of aliphatic hydroxyl groups is 1. The molecule has 0 aliphatic heterocycles. The zero-order valence-corrected chi connectivity index (χ0v) is 7.90. The van der Waals surface area contributed by atoms with Crippen LogP contribution in [0, 0.1) is 0 Å². The number of aromatic nitrogens is 1. The van der Waals surface area contributed by atoms with E-state index in [2.05, 4.69) is 9.88 Å². The fourth-order valence-electron chi connectivity index (χ4n) is 1.28. The van der Waals surface area contributed by atoms with Crippen molar-refractivity contribution < 1.29 is 5.11 Å². The van der Waals surface area contributed by atoms with Gasteiger partial charge in [-0.15, -0.1) is 0 Å². The van der Waals surface area contributed by atoms with Gasteiger partial charge in [-0.25, -0.2) is 0 Å². The monoisotopic (exact) mass is 183 g/mol. The Morgan fingerprint density at radius 3 is 3.00 bits per heavy atom. The number of H-pyrrole nitrogens is 1. The summed E-state index contributed by atoms with van der Waals surface area (Å²) in [6.45, 7) is 1.57. The molecule has 74 valence electrons. The Morgan fingerprint density at radius 2 is 2.46 bits per heavy atom. The molecule has 1 heterocycles. The normalized spacial score (nSPS) is 13.5. The van der Waals surface area contributed by atoms with E-state index in [1.54, 1.807) is 0 Å². The van der Waals surface area contributed by atoms with Crippen LogP contribution in [0.15, 0.2) is 18.3 Å². The van der Waals surface area contributed by atoms with Gasteiger partial charge in [0.25, 0.3) is 0 Å². The quantitative estimate of drug-likeness (QED) is 0.590. The number of rotatable bonds is 5. The van der Waals surface area contributed by atoms with Crippen molar-refractivity contribution >= 4 is 0 Å². The first-order chi connectivity index (χ1) is 6.22. The van der Waals surface area contributed by atoms with Crippen LogP contribution in [-0.2, 0) is 6.54 Å². The fourth-order valence-corrected chi connectivity index (χ4v) is 1.28. The molecule has 4 N–H and O–H groups in total. The van der Waals surface area contributed by atoms with E-state index in [4.69, 9.17) is 10.8 Å². The molecule has 4 heteroatoms. The number of hydrogen-bond acceptors (Lipinski definition) is 3. The van der Waals surface area contributed by atoms with Gasteiger partial charge in [-0.05, 0) is 19.2 Å². The van der Waals surface area contributed by atoms with Crippen molar-refractivity contribution in [3.8, 4) is 0 Å². The maximum absolute atomic E-state index is 8.75. The van der Waals surface area contributed by atoms with E-state index in [9.17, 15) is 0 Å². The maximum atomic E-state index is 8.75. The van der Waals surface area contributed by atoms with Crippen LogP contribution in [0.5, 0.6) is 0 Å². The van der Waals surface area contributed by atoms with Crippen molar-refractivity contribution in [2.24, 2.45) is 5.73 Å². The van der Waals surface area contributed by atoms with Crippen molar-refractivity contribution in [1.29, 1.82) is 0 Å². The van der Waals surface area contributed by atoms with Crippen LogP contribution in [0.4, 0.5) is 0 Å². The molecule has 1 unspecified atom stereocenters. The number of aliphatic hydroxyl groups excluding tert-OH is 1. The molecular formula is C9H17N3O. The van der Waals surface area contributed by atoms with Crippen LogP contribution in [-0.4, -0.2) is 41.2 Å². The third kappa shape index (κ3) is 3.59. The van der Waals surface area contributed by atoms with Crippen LogP contribution in [0.3, 0.4) is 0 Å². The lowest BCUT2D eigenvalue weighted by Crippen LogP contribution is -2.37. The molecule has 0 bridgehead atoms. The Morgan fingerprint density at radius 1 is 1.69 bits per heavy atom. The van der Waals surface area contributed by atoms with Gasteiger partial charge in [-0.3, -0.25) is 4.90 Å². The van der Waals surface area contributed by atoms with Gasteiger partial charge in [-0.1, -0.05) is 0 Å². The highest BCUT2D eigenvalue weighted by Crippen LogP contribution is 1.99. The van der Waals surface area contributed by atoms with Gasteiger partial charge >= 0.3 is 0 Å². The van der Waals surface area contributed by atoms with Crippen LogP contribution < -0.4 is 5.73 Å². The minimum atomic E-state index is -0.153. The highest BCUT2D eigenvalue weighted by Gasteiger charge is 2.05. The van der Waals surface area contributed by atoms with Gasteiger partial charge in [0.05, 0.1) is 6.61 Å². The second-order valence-corrected chi connectivity index (χ2v) is 3.33. The summed E-state index contributed by atoms with van der Waals surface area (Å²) in [6.07, 6.45) is 1.90. The summed E-state index contributed by atoms with van der Waals surface area (Å²) in [6, 6.07) is 3.84. The number of likely N-dealkylation sites (N-methyl/N-ethyl adjacent to an activating group) is 1. The van der Waals surface area contributed by atoms with E-state index >= 15 is 0 Å². The third-order valence-electron chi connectivity index (χ3n) is 1.88. The predicted molar refractivity (Wildman–Crippen MR) is 52.2 cm³/mol. The Hall–Kier alpha value is -0.840. The van der Waals surface area contributed by atoms with E-state index in [1.807, 2.05) is 25.4 Å². The summed E-state index contributed by atoms with van der Waals surface area (Å²) in [5.74, 6) is 0. The molecule has 13 heavy (non-hydrogen) atoms. The minimum Gasteiger partial charge on any atom is -0.395 e. The zero-order valence-electron chi connectivity index (χ0n) is 7.90. The van der Waals surface area contributed by atoms with Gasteiger partial charge in [0.2, 0.25) is 0 Å². The molecule has 0 aromatic carbocycles. The minimum absolute atomic E-state index is 0.0368. The van der Waals surface area contributed by atoms with Gasteiger partial charge in [0, 0.05) is 31.0 Å². The summed E-state index contributed by atoms with van der Waals surface area (Å²) in [5, 5.41) is 8.75. The molecule has 0 amide bonds. The molecule has 0 spiro atoms. The van der Waals surface area contributed by atoms with Crippen molar-refractivity contribution in [2.45, 2.75) is 12.6 Å². The van der Waals surface area contributed by atoms with Crippen LogP contribution >= 0.6 is 0 Å². The number of hydrogen-bond donors (Lipinski definition) is 3. The maximum Gasteiger partial charge on any atom is 0.0595 e. The van der Waals surface area contributed by atoms with Crippen LogP contribution in [0.25, 0.3) is 0 Å². The van der Waals surface area contributed by atoms with E-state index < -0.39 is 0 Å². The smallest absolute Gasteiger partial charge is 0.0595 e. The SMILES string of the molecule is CN(Cc1ccc[nH]1)CC(N)CO. The zero-order chi connectivity index (χ0) is 9.68. The molecule has 1 rings (SSSR count). The van der Waals surface area contributed by atoms with Crippen LogP contribution in [0.2, 0.25) is 0 Å². The lowest BCUT2D eigenvalue weighted by Gasteiger charge is -2.18. The van der Waals surface area contributed by atoms with Crippen molar-refractivity contribution in [3.63, 3.8) is 0 Å². The van der Waals surface area contributed by atoms with Crippen molar-refractivity contribution in [2.75, 3.05) is 20.2 Å².